The van der Waals surface area contributed by atoms with Crippen LogP contribution in [0.3, 0.4) is 0 Å². The molecule has 0 bridgehead atoms. The minimum atomic E-state index is -0.161. The number of aromatic nitrogens is 1. The number of fused-ring (bicyclic) bond motifs is 3. The molecule has 1 atom stereocenters. The molecule has 2 aliphatic heterocycles. The van der Waals surface area contributed by atoms with Crippen molar-refractivity contribution in [3.63, 3.8) is 0 Å². The van der Waals surface area contributed by atoms with Gasteiger partial charge in [0.05, 0.1) is 0 Å². The highest BCUT2D eigenvalue weighted by atomic mass is 16.2. The summed E-state index contributed by atoms with van der Waals surface area (Å²) in [5, 5.41) is 6.81. The number of carbonyl (C=O) groups is 3. The SMILES string of the molecule is C=CC(=O)N1CCC[C@@H](NC(=O)c2ccc3cc4n(c3c2)CCNC4=O)C1. The van der Waals surface area contributed by atoms with E-state index in [9.17, 15) is 14.4 Å². The molecule has 1 aromatic carbocycles. The molecule has 7 heteroatoms. The molecule has 1 aromatic heterocycles. The first-order chi connectivity index (χ1) is 13.1. The van der Waals surface area contributed by atoms with E-state index < -0.39 is 0 Å². The lowest BCUT2D eigenvalue weighted by molar-refractivity contribution is -0.127. The monoisotopic (exact) mass is 366 g/mol. The van der Waals surface area contributed by atoms with Crippen molar-refractivity contribution in [2.75, 3.05) is 19.6 Å². The van der Waals surface area contributed by atoms with Crippen molar-refractivity contribution in [2.45, 2.75) is 25.4 Å². The van der Waals surface area contributed by atoms with Crippen LogP contribution < -0.4 is 10.6 Å². The third kappa shape index (κ3) is 3.20. The molecule has 27 heavy (non-hydrogen) atoms. The van der Waals surface area contributed by atoms with Crippen LogP contribution in [0.5, 0.6) is 0 Å². The van der Waals surface area contributed by atoms with Crippen LogP contribution in [-0.2, 0) is 11.3 Å². The lowest BCUT2D eigenvalue weighted by atomic mass is 10.0. The van der Waals surface area contributed by atoms with Gasteiger partial charge in [-0.15, -0.1) is 0 Å². The van der Waals surface area contributed by atoms with Gasteiger partial charge in [-0.05, 0) is 37.1 Å². The average molecular weight is 366 g/mol. The lowest BCUT2D eigenvalue weighted by Gasteiger charge is -2.32. The average Bonchev–Trinajstić information content (AvgIpc) is 3.07. The summed E-state index contributed by atoms with van der Waals surface area (Å²) in [7, 11) is 0. The van der Waals surface area contributed by atoms with Crippen LogP contribution in [-0.4, -0.2) is 52.9 Å². The Morgan fingerprint density at radius 2 is 2.11 bits per heavy atom. The Bertz CT molecular complexity index is 946. The van der Waals surface area contributed by atoms with Gasteiger partial charge in [-0.25, -0.2) is 0 Å². The Morgan fingerprint density at radius 3 is 2.93 bits per heavy atom. The van der Waals surface area contributed by atoms with Gasteiger partial charge < -0.3 is 20.1 Å². The van der Waals surface area contributed by atoms with Gasteiger partial charge in [-0.1, -0.05) is 12.6 Å². The van der Waals surface area contributed by atoms with Crippen LogP contribution in [0, 0.1) is 0 Å². The first-order valence-corrected chi connectivity index (χ1v) is 9.20. The number of piperidine rings is 1. The van der Waals surface area contributed by atoms with E-state index in [0.29, 0.717) is 37.4 Å². The van der Waals surface area contributed by atoms with Gasteiger partial charge >= 0.3 is 0 Å². The summed E-state index contributed by atoms with van der Waals surface area (Å²) in [6.07, 6.45) is 3.00. The molecule has 3 heterocycles. The van der Waals surface area contributed by atoms with Crippen LogP contribution in [0.4, 0.5) is 0 Å². The van der Waals surface area contributed by atoms with Gasteiger partial charge in [0.1, 0.15) is 5.69 Å². The van der Waals surface area contributed by atoms with E-state index >= 15 is 0 Å². The number of nitrogens with one attached hydrogen (secondary N) is 2. The molecule has 1 fully saturated rings. The highest BCUT2D eigenvalue weighted by Gasteiger charge is 2.24. The van der Waals surface area contributed by atoms with Gasteiger partial charge in [-0.3, -0.25) is 14.4 Å². The largest absolute Gasteiger partial charge is 0.349 e. The van der Waals surface area contributed by atoms with Crippen molar-refractivity contribution in [2.24, 2.45) is 0 Å². The molecule has 0 spiro atoms. The Morgan fingerprint density at radius 1 is 1.26 bits per heavy atom. The molecule has 140 valence electrons. The maximum atomic E-state index is 12.7. The van der Waals surface area contributed by atoms with Gasteiger partial charge in [0, 0.05) is 48.7 Å². The molecule has 0 aliphatic carbocycles. The zero-order valence-electron chi connectivity index (χ0n) is 15.0. The fourth-order valence-electron chi connectivity index (χ4n) is 3.89. The van der Waals surface area contributed by atoms with Crippen molar-refractivity contribution in [3.05, 3.63) is 48.2 Å². The third-order valence-corrected chi connectivity index (χ3v) is 5.26. The van der Waals surface area contributed by atoms with Crippen LogP contribution in [0.25, 0.3) is 10.9 Å². The fraction of sp³-hybridized carbons (Fsp3) is 0.350. The zero-order valence-corrected chi connectivity index (χ0v) is 15.0. The zero-order chi connectivity index (χ0) is 19.0. The van der Waals surface area contributed by atoms with Crippen LogP contribution in [0.2, 0.25) is 0 Å². The fourth-order valence-corrected chi connectivity index (χ4v) is 3.89. The van der Waals surface area contributed by atoms with Crippen LogP contribution >= 0.6 is 0 Å². The van der Waals surface area contributed by atoms with Gasteiger partial charge in [0.15, 0.2) is 0 Å². The van der Waals surface area contributed by atoms with Crippen LogP contribution in [0.1, 0.15) is 33.7 Å². The smallest absolute Gasteiger partial charge is 0.268 e. The highest BCUT2D eigenvalue weighted by molar-refractivity contribution is 6.02. The van der Waals surface area contributed by atoms with Crippen molar-refractivity contribution < 1.29 is 14.4 Å². The van der Waals surface area contributed by atoms with Gasteiger partial charge in [-0.2, -0.15) is 0 Å². The molecule has 0 radical (unpaired) electrons. The number of likely N-dealkylation sites (tertiary alicyclic amines) is 1. The first kappa shape index (κ1) is 17.3. The van der Waals surface area contributed by atoms with Crippen molar-refractivity contribution in [1.29, 1.82) is 0 Å². The summed E-state index contributed by atoms with van der Waals surface area (Å²) in [6.45, 7) is 6.00. The van der Waals surface area contributed by atoms with E-state index in [1.54, 1.807) is 11.0 Å². The molecular weight excluding hydrogens is 344 g/mol. The Labute approximate surface area is 157 Å². The van der Waals surface area contributed by atoms with Crippen molar-refractivity contribution in [3.8, 4) is 0 Å². The number of hydrogen-bond acceptors (Lipinski definition) is 3. The number of benzene rings is 1. The number of amides is 3. The molecule has 7 nitrogen and oxygen atoms in total. The second-order valence-electron chi connectivity index (χ2n) is 7.01. The highest BCUT2D eigenvalue weighted by Crippen LogP contribution is 2.23. The quantitative estimate of drug-likeness (QED) is 0.803. The Balaban J connectivity index is 1.53. The maximum absolute atomic E-state index is 12.7. The molecular formula is C20H22N4O3. The Hall–Kier alpha value is -3.09. The second-order valence-corrected chi connectivity index (χ2v) is 7.01. The summed E-state index contributed by atoms with van der Waals surface area (Å²) >= 11 is 0. The standard InChI is InChI=1S/C20H22N4O3/c1-2-18(25)23-8-3-4-15(12-23)22-19(26)14-6-5-13-10-17-20(27)21-7-9-24(17)16(13)11-14/h2,5-6,10-11,15H,1,3-4,7-9,12H2,(H,21,27)(H,22,26)/t15-/m1/s1. The van der Waals surface area contributed by atoms with E-state index in [0.717, 1.165) is 23.7 Å². The van der Waals surface area contributed by atoms with Crippen molar-refractivity contribution >= 4 is 28.6 Å². The second kappa shape index (κ2) is 6.90. The summed E-state index contributed by atoms with van der Waals surface area (Å²) in [5.41, 5.74) is 2.07. The number of rotatable bonds is 3. The van der Waals surface area contributed by atoms with Crippen molar-refractivity contribution in [1.82, 2.24) is 20.1 Å². The molecule has 2 N–H and O–H groups in total. The molecule has 1 saturated heterocycles. The summed E-state index contributed by atoms with van der Waals surface area (Å²) in [5.74, 6) is -0.350. The van der Waals surface area contributed by atoms with E-state index in [1.807, 2.05) is 22.8 Å². The molecule has 2 aromatic rings. The summed E-state index contributed by atoms with van der Waals surface area (Å²) < 4.78 is 1.95. The lowest BCUT2D eigenvalue weighted by Crippen LogP contribution is -2.49. The summed E-state index contributed by atoms with van der Waals surface area (Å²) in [6, 6.07) is 7.26. The molecule has 4 rings (SSSR count). The third-order valence-electron chi connectivity index (χ3n) is 5.26. The normalized spacial score (nSPS) is 19.3. The summed E-state index contributed by atoms with van der Waals surface area (Å²) in [4.78, 5) is 38.3. The van der Waals surface area contributed by atoms with Gasteiger partial charge in [0.25, 0.3) is 11.8 Å². The number of nitrogens with zero attached hydrogens (tertiary/aromatic N) is 2. The molecule has 3 amide bonds. The predicted octanol–water partition coefficient (Wildman–Crippen LogP) is 1.29. The first-order valence-electron chi connectivity index (χ1n) is 9.20. The van der Waals surface area contributed by atoms with Crippen LogP contribution in [0.15, 0.2) is 36.9 Å². The van der Waals surface area contributed by atoms with E-state index in [-0.39, 0.29) is 23.8 Å². The minimum absolute atomic E-state index is 0.0714. The molecule has 2 aliphatic rings. The maximum Gasteiger partial charge on any atom is 0.268 e. The van der Waals surface area contributed by atoms with E-state index in [2.05, 4.69) is 17.2 Å². The number of carbonyl (C=O) groups excluding carboxylic acids is 3. The van der Waals surface area contributed by atoms with Gasteiger partial charge in [0.2, 0.25) is 5.91 Å². The molecule has 0 saturated carbocycles. The topological polar surface area (TPSA) is 83.4 Å². The number of hydrogen-bond donors (Lipinski definition) is 2. The predicted molar refractivity (Wildman–Crippen MR) is 102 cm³/mol. The van der Waals surface area contributed by atoms with E-state index in [4.69, 9.17) is 0 Å². The minimum Gasteiger partial charge on any atom is -0.349 e. The Kier molecular flexibility index (Phi) is 4.43. The van der Waals surface area contributed by atoms with E-state index in [1.165, 1.54) is 6.08 Å². The molecule has 0 unspecified atom stereocenters.